The third-order valence-electron chi connectivity index (χ3n) is 1.95. The summed E-state index contributed by atoms with van der Waals surface area (Å²) in [4.78, 5) is 11.5. The zero-order valence-corrected chi connectivity index (χ0v) is 11.2. The average molecular weight is 289 g/mol. The van der Waals surface area contributed by atoms with Gasteiger partial charge in [0.1, 0.15) is 11.5 Å². The van der Waals surface area contributed by atoms with E-state index < -0.39 is 0 Å². The molecule has 0 heterocycles. The van der Waals surface area contributed by atoms with E-state index in [2.05, 4.69) is 15.9 Å². The van der Waals surface area contributed by atoms with Gasteiger partial charge in [0, 0.05) is 10.9 Å². The molecule has 4 heteroatoms. The normalized spacial score (nSPS) is 10.1. The topological polar surface area (TPSA) is 26.3 Å². The Kier molecular flexibility index (Phi) is 5.19. The summed E-state index contributed by atoms with van der Waals surface area (Å²) in [5, 5.41) is 0. The van der Waals surface area contributed by atoms with Crippen LogP contribution >= 0.6 is 27.7 Å². The van der Waals surface area contributed by atoms with E-state index in [0.29, 0.717) is 12.2 Å². The molecule has 15 heavy (non-hydrogen) atoms. The third-order valence-corrected chi connectivity index (χ3v) is 3.33. The van der Waals surface area contributed by atoms with Gasteiger partial charge in [-0.15, -0.1) is 0 Å². The molecule has 0 aliphatic heterocycles. The van der Waals surface area contributed by atoms with Gasteiger partial charge in [-0.2, -0.15) is 11.8 Å². The summed E-state index contributed by atoms with van der Waals surface area (Å²) in [6.07, 6.45) is 2.39. The van der Waals surface area contributed by atoms with Crippen molar-refractivity contribution in [2.24, 2.45) is 0 Å². The van der Waals surface area contributed by atoms with Gasteiger partial charge in [0.25, 0.3) is 0 Å². The number of Topliss-reactive ketones (excluding diaryl/α,β-unsaturated/α-hetero) is 1. The molecular formula is C11H13BrO2S. The van der Waals surface area contributed by atoms with E-state index in [1.165, 1.54) is 0 Å². The predicted molar refractivity (Wildman–Crippen MR) is 67.8 cm³/mol. The van der Waals surface area contributed by atoms with Crippen LogP contribution in [0, 0.1) is 0 Å². The second-order valence-electron chi connectivity index (χ2n) is 3.11. The lowest BCUT2D eigenvalue weighted by Gasteiger charge is -2.06. The van der Waals surface area contributed by atoms with Crippen LogP contribution in [0.3, 0.4) is 0 Å². The maximum atomic E-state index is 11.5. The van der Waals surface area contributed by atoms with Crippen molar-refractivity contribution < 1.29 is 9.53 Å². The molecule has 0 amide bonds. The molecule has 1 aromatic rings. The molecule has 82 valence electrons. The van der Waals surface area contributed by atoms with Crippen molar-refractivity contribution in [1.29, 1.82) is 0 Å². The van der Waals surface area contributed by atoms with E-state index >= 15 is 0 Å². The van der Waals surface area contributed by atoms with E-state index in [-0.39, 0.29) is 5.78 Å². The summed E-state index contributed by atoms with van der Waals surface area (Å²) in [7, 11) is 1.62. The van der Waals surface area contributed by atoms with Crippen molar-refractivity contribution in [3.8, 4) is 5.75 Å². The molecule has 0 saturated heterocycles. The van der Waals surface area contributed by atoms with E-state index in [4.69, 9.17) is 4.74 Å². The van der Waals surface area contributed by atoms with E-state index in [1.54, 1.807) is 18.9 Å². The number of hydrogen-bond donors (Lipinski definition) is 0. The first-order valence-electron chi connectivity index (χ1n) is 4.50. The van der Waals surface area contributed by atoms with Crippen LogP contribution in [0.2, 0.25) is 0 Å². The van der Waals surface area contributed by atoms with Gasteiger partial charge in [-0.05, 0) is 30.0 Å². The van der Waals surface area contributed by atoms with Gasteiger partial charge in [-0.25, -0.2) is 0 Å². The summed E-state index contributed by atoms with van der Waals surface area (Å²) >= 11 is 4.97. The SMILES string of the molecule is COc1ccc(Br)c(CC(=O)CSC)c1. The molecule has 1 aromatic carbocycles. The van der Waals surface area contributed by atoms with E-state index in [9.17, 15) is 4.79 Å². The quantitative estimate of drug-likeness (QED) is 0.833. The summed E-state index contributed by atoms with van der Waals surface area (Å²) in [6, 6.07) is 5.66. The Morgan fingerprint density at radius 2 is 2.27 bits per heavy atom. The molecule has 0 bridgehead atoms. The minimum Gasteiger partial charge on any atom is -0.497 e. The number of carbonyl (C=O) groups is 1. The Morgan fingerprint density at radius 3 is 2.87 bits per heavy atom. The lowest BCUT2D eigenvalue weighted by atomic mass is 10.1. The Hall–Kier alpha value is -0.480. The summed E-state index contributed by atoms with van der Waals surface area (Å²) < 4.78 is 6.07. The largest absolute Gasteiger partial charge is 0.497 e. The highest BCUT2D eigenvalue weighted by molar-refractivity contribution is 9.10. The van der Waals surface area contributed by atoms with Gasteiger partial charge in [0.05, 0.1) is 12.9 Å². The second kappa shape index (κ2) is 6.18. The van der Waals surface area contributed by atoms with Gasteiger partial charge >= 0.3 is 0 Å². The lowest BCUT2D eigenvalue weighted by Crippen LogP contribution is -2.06. The Labute approximate surface area is 103 Å². The monoisotopic (exact) mass is 288 g/mol. The first-order chi connectivity index (χ1) is 7.17. The molecule has 0 spiro atoms. The van der Waals surface area contributed by atoms with Crippen LogP contribution in [0.1, 0.15) is 5.56 Å². The number of thioether (sulfide) groups is 1. The molecule has 0 aliphatic carbocycles. The smallest absolute Gasteiger partial charge is 0.147 e. The van der Waals surface area contributed by atoms with E-state index in [1.807, 2.05) is 24.5 Å². The Balaban J connectivity index is 2.79. The highest BCUT2D eigenvalue weighted by Gasteiger charge is 2.07. The zero-order chi connectivity index (χ0) is 11.3. The highest BCUT2D eigenvalue weighted by Crippen LogP contribution is 2.23. The fourth-order valence-electron chi connectivity index (χ4n) is 1.24. The highest BCUT2D eigenvalue weighted by atomic mass is 79.9. The summed E-state index contributed by atoms with van der Waals surface area (Å²) in [5.41, 5.74) is 0.980. The zero-order valence-electron chi connectivity index (χ0n) is 8.75. The molecule has 0 atom stereocenters. The maximum Gasteiger partial charge on any atom is 0.147 e. The van der Waals surface area contributed by atoms with Crippen molar-refractivity contribution in [2.45, 2.75) is 6.42 Å². The molecule has 1 rings (SSSR count). The fourth-order valence-corrected chi connectivity index (χ4v) is 2.05. The van der Waals surface area contributed by atoms with Crippen LogP contribution < -0.4 is 4.74 Å². The standard InChI is InChI=1S/C11H13BrO2S/c1-14-10-3-4-11(12)8(6-10)5-9(13)7-15-2/h3-4,6H,5,7H2,1-2H3. The Bertz CT molecular complexity index is 352. The summed E-state index contributed by atoms with van der Waals surface area (Å²) in [6.45, 7) is 0. The number of carbonyl (C=O) groups excluding carboxylic acids is 1. The molecule has 0 fully saturated rings. The van der Waals surface area contributed by atoms with Gasteiger partial charge in [-0.1, -0.05) is 15.9 Å². The lowest BCUT2D eigenvalue weighted by molar-refractivity contribution is -0.116. The van der Waals surface area contributed by atoms with Crippen molar-refractivity contribution in [1.82, 2.24) is 0 Å². The molecule has 0 aromatic heterocycles. The van der Waals surface area contributed by atoms with Gasteiger partial charge in [0.15, 0.2) is 0 Å². The van der Waals surface area contributed by atoms with Gasteiger partial charge in [-0.3, -0.25) is 4.79 Å². The number of methoxy groups -OCH3 is 1. The number of hydrogen-bond acceptors (Lipinski definition) is 3. The van der Waals surface area contributed by atoms with Crippen LogP contribution in [-0.2, 0) is 11.2 Å². The molecule has 0 unspecified atom stereocenters. The predicted octanol–water partition coefficient (Wildman–Crippen LogP) is 2.93. The summed E-state index contributed by atoms with van der Waals surface area (Å²) in [5.74, 6) is 1.57. The van der Waals surface area contributed by atoms with Crippen molar-refractivity contribution >= 4 is 33.5 Å². The van der Waals surface area contributed by atoms with Crippen LogP contribution in [0.25, 0.3) is 0 Å². The molecule has 0 aliphatic rings. The molecule has 0 radical (unpaired) electrons. The minimum atomic E-state index is 0.233. The van der Waals surface area contributed by atoms with Crippen LogP contribution in [-0.4, -0.2) is 24.9 Å². The van der Waals surface area contributed by atoms with E-state index in [0.717, 1.165) is 15.8 Å². The molecular weight excluding hydrogens is 276 g/mol. The number of ether oxygens (including phenoxy) is 1. The van der Waals surface area contributed by atoms with Gasteiger partial charge < -0.3 is 4.74 Å². The number of ketones is 1. The minimum absolute atomic E-state index is 0.233. The van der Waals surface area contributed by atoms with Crippen molar-refractivity contribution in [3.05, 3.63) is 28.2 Å². The number of rotatable bonds is 5. The number of benzene rings is 1. The molecule has 0 saturated carbocycles. The average Bonchev–Trinajstić information content (AvgIpc) is 2.21. The molecule has 2 nitrogen and oxygen atoms in total. The number of halogens is 1. The van der Waals surface area contributed by atoms with Crippen LogP contribution in [0.5, 0.6) is 5.75 Å². The third kappa shape index (κ3) is 3.87. The van der Waals surface area contributed by atoms with Crippen LogP contribution in [0.15, 0.2) is 22.7 Å². The first-order valence-corrected chi connectivity index (χ1v) is 6.69. The van der Waals surface area contributed by atoms with Crippen LogP contribution in [0.4, 0.5) is 0 Å². The Morgan fingerprint density at radius 1 is 1.53 bits per heavy atom. The van der Waals surface area contributed by atoms with Crippen molar-refractivity contribution in [3.63, 3.8) is 0 Å². The van der Waals surface area contributed by atoms with Gasteiger partial charge in [0.2, 0.25) is 0 Å². The van der Waals surface area contributed by atoms with Crippen molar-refractivity contribution in [2.75, 3.05) is 19.1 Å². The molecule has 0 N–H and O–H groups in total. The second-order valence-corrected chi connectivity index (χ2v) is 4.83. The first kappa shape index (κ1) is 12.6. The fraction of sp³-hybridized carbons (Fsp3) is 0.364. The maximum absolute atomic E-state index is 11.5.